The van der Waals surface area contributed by atoms with Crippen LogP contribution >= 0.6 is 45.3 Å². The monoisotopic (exact) mass is 1820 g/mol. The summed E-state index contributed by atoms with van der Waals surface area (Å²) >= 11 is 7.41. The number of rotatable bonds is 4. The minimum atomic E-state index is 0.677. The van der Waals surface area contributed by atoms with Crippen molar-refractivity contribution in [3.05, 3.63) is 336 Å². The minimum absolute atomic E-state index is 0.677. The van der Waals surface area contributed by atoms with E-state index >= 15 is 0 Å². The maximum Gasteiger partial charge on any atom is 0.234 e. The van der Waals surface area contributed by atoms with Crippen LogP contribution in [-0.4, -0.2) is 9.97 Å². The number of fused-ring (bicyclic) bond motifs is 32. The summed E-state index contributed by atoms with van der Waals surface area (Å²) in [6.45, 7) is 19.0. The van der Waals surface area contributed by atoms with Gasteiger partial charge in [0.2, 0.25) is 40.4 Å². The molecule has 12 nitrogen and oxygen atoms in total. The van der Waals surface area contributed by atoms with E-state index in [1.807, 2.05) is 71.3 Å². The number of nitrogens with zero attached hydrogens (tertiary/aromatic N) is 6. The van der Waals surface area contributed by atoms with Gasteiger partial charge in [-0.25, -0.2) is 14.5 Å². The number of benzene rings is 13. The quantitative estimate of drug-likeness (QED) is 0.160. The standard InChI is InChI=1S/2C31H21N2O2S.C30H22NOS.C27H22NOS/c1-16-8-10-19-20-11-9-17(2)32-31(20)35-30(19)29(16)24-12-21-22-14-28-23(18-6-4-5-7-27(18)36-28)13-25(22)34-26(21)15-33(24)3;1-16-8-10-18-20-11-9-17(2)32-31(20)35-29(18)27(16)23-14-24-22(15-33(23)3)19-12-13-26-28(30(19)34-24)21-6-4-5-7-25(21)36-26;1-17-8-10-21-22-11-9-18(2)27(29(22)32-25(21)14-17)28-30-23(12-13-31(28)3)24-15-19-6-4-5-7-20(19)16-26(24)33-30;1-15-8-10-18-19-11-9-16(2)23(25(19)29-22(18)14-15)24-27-21(12-13-28(24)4)20-7-5-6-17(3)26(20)30-27/h2*4-15H,1-3H3;4-16H,1-3H3;5-14H,1-4H3/q4*+1. The topological polar surface area (TPSA) is 120 Å². The Balaban J connectivity index is 0.0000000939. The molecule has 16 heteroatoms. The van der Waals surface area contributed by atoms with Crippen LogP contribution in [0.2, 0.25) is 0 Å². The third-order valence-corrected chi connectivity index (χ3v) is 32.6. The molecule has 13 aromatic carbocycles. The van der Waals surface area contributed by atoms with Gasteiger partial charge < -0.3 is 26.5 Å². The van der Waals surface area contributed by atoms with Crippen LogP contribution in [0.4, 0.5) is 0 Å². The summed E-state index contributed by atoms with van der Waals surface area (Å²) < 4.78 is 58.0. The van der Waals surface area contributed by atoms with Gasteiger partial charge in [0.05, 0.1) is 33.7 Å². The van der Waals surface area contributed by atoms with E-state index in [1.165, 1.54) is 163 Å². The van der Waals surface area contributed by atoms with Gasteiger partial charge >= 0.3 is 0 Å². The molecule has 0 spiro atoms. The first kappa shape index (κ1) is 80.5. The first-order chi connectivity index (χ1) is 65.7. The molecule has 29 aromatic rings. The van der Waals surface area contributed by atoms with E-state index in [0.29, 0.717) is 11.4 Å². The summed E-state index contributed by atoms with van der Waals surface area (Å²) in [6.07, 6.45) is 8.63. The average Bonchev–Trinajstić information content (AvgIpc) is 1.58. The third-order valence-electron chi connectivity index (χ3n) is 27.8. The average molecular weight is 1820 g/mol. The lowest BCUT2D eigenvalue weighted by molar-refractivity contribution is -0.659. The normalized spacial score (nSPS) is 12.2. The van der Waals surface area contributed by atoms with Gasteiger partial charge in [0.1, 0.15) is 76.7 Å². The Hall–Kier alpha value is -15.3. The molecule has 0 aliphatic heterocycles. The van der Waals surface area contributed by atoms with E-state index in [9.17, 15) is 0 Å². The first-order valence-electron chi connectivity index (χ1n) is 45.6. The lowest BCUT2D eigenvalue weighted by atomic mass is 9.99. The summed E-state index contributed by atoms with van der Waals surface area (Å²) in [7, 11) is 8.44. The Labute approximate surface area is 788 Å². The van der Waals surface area contributed by atoms with E-state index in [-0.39, 0.29) is 0 Å². The van der Waals surface area contributed by atoms with Crippen LogP contribution < -0.4 is 18.3 Å². The number of aryl methyl sites for hydroxylation is 13. The van der Waals surface area contributed by atoms with Gasteiger partial charge in [-0.3, -0.25) is 0 Å². The van der Waals surface area contributed by atoms with Gasteiger partial charge in [-0.1, -0.05) is 152 Å². The van der Waals surface area contributed by atoms with Gasteiger partial charge in [0, 0.05) is 160 Å². The van der Waals surface area contributed by atoms with Gasteiger partial charge in [-0.15, -0.1) is 45.3 Å². The smallest absolute Gasteiger partial charge is 0.234 e. The van der Waals surface area contributed by atoms with Crippen molar-refractivity contribution in [1.82, 2.24) is 9.97 Å². The van der Waals surface area contributed by atoms with E-state index in [4.69, 9.17) is 26.5 Å². The molecule has 0 aliphatic rings. The molecule has 0 saturated heterocycles. The summed E-state index contributed by atoms with van der Waals surface area (Å²) in [5.41, 5.74) is 30.1. The fourth-order valence-electron chi connectivity index (χ4n) is 21.0. The highest BCUT2D eigenvalue weighted by Crippen LogP contribution is 2.51. The third kappa shape index (κ3) is 12.6. The number of furan rings is 6. The molecule has 0 aliphatic carbocycles. The fourth-order valence-corrected chi connectivity index (χ4v) is 25.9. The van der Waals surface area contributed by atoms with E-state index < -0.39 is 0 Å². The highest BCUT2D eigenvalue weighted by Gasteiger charge is 2.32. The van der Waals surface area contributed by atoms with Crippen molar-refractivity contribution in [2.24, 2.45) is 28.2 Å². The van der Waals surface area contributed by atoms with Crippen LogP contribution in [0.5, 0.6) is 0 Å². The molecule has 135 heavy (non-hydrogen) atoms. The molecule has 0 unspecified atom stereocenters. The largest absolute Gasteiger partial charge is 0.455 e. The highest BCUT2D eigenvalue weighted by atomic mass is 32.1. The maximum absolute atomic E-state index is 6.63. The Morgan fingerprint density at radius 1 is 0.237 bits per heavy atom. The fraction of sp³-hybridized carbons (Fsp3) is 0.109. The van der Waals surface area contributed by atoms with Crippen LogP contribution in [0, 0.1) is 62.3 Å². The maximum atomic E-state index is 6.63. The minimum Gasteiger partial charge on any atom is -0.455 e. The molecular formula is C119H86N6O6S4+4. The Morgan fingerprint density at radius 3 is 1.31 bits per heavy atom. The van der Waals surface area contributed by atoms with Crippen molar-refractivity contribution >= 4 is 269 Å². The molecule has 16 aromatic heterocycles. The lowest BCUT2D eigenvalue weighted by Crippen LogP contribution is -2.30. The zero-order chi connectivity index (χ0) is 91.1. The van der Waals surface area contributed by atoms with E-state index in [1.54, 1.807) is 0 Å². The summed E-state index contributed by atoms with van der Waals surface area (Å²) in [6, 6.07) is 93.5. The molecule has 16 heterocycles. The lowest BCUT2D eigenvalue weighted by Gasteiger charge is -2.06. The van der Waals surface area contributed by atoms with E-state index in [0.717, 1.165) is 144 Å². The number of thiophene rings is 4. The molecule has 0 N–H and O–H groups in total. The number of hydrogen-bond acceptors (Lipinski definition) is 12. The molecule has 0 fully saturated rings. The Kier molecular flexibility index (Phi) is 18.1. The predicted molar refractivity (Wildman–Crippen MR) is 563 cm³/mol. The van der Waals surface area contributed by atoms with E-state index in [2.05, 4.69) is 378 Å². The van der Waals surface area contributed by atoms with Crippen molar-refractivity contribution in [2.75, 3.05) is 0 Å². The molecule has 0 radical (unpaired) electrons. The second-order valence-electron chi connectivity index (χ2n) is 36.6. The van der Waals surface area contributed by atoms with Crippen molar-refractivity contribution in [3.63, 3.8) is 0 Å². The van der Waals surface area contributed by atoms with Gasteiger partial charge in [-0.2, -0.15) is 13.7 Å². The van der Waals surface area contributed by atoms with Gasteiger partial charge in [-0.05, 0) is 197 Å². The van der Waals surface area contributed by atoms with Crippen LogP contribution in [0.15, 0.2) is 312 Å². The SMILES string of the molecule is Cc1ccc2c(c1)oc1c(-c3c4sc5c(C)cccc5c4cc[n+]3C)c(C)ccc12.Cc1ccc2c(c1)oc1c(-c3c4sc5cc6ccccc6cc5c4cc[n+]3C)c(C)ccc12.Cc1ccc2c(n1)oc1c(-c3cc4c(c[n+]3C)oc3cc5c(cc34)sc3ccccc35)c(C)ccc12.Cc1ccc2c(n1)oc1c(-c3cc4oc5c(ccc6sc7ccccc7c65)c4c[n+]3C)c(C)ccc12. The second-order valence-corrected chi connectivity index (χ2v) is 40.8. The molecule has 0 amide bonds. The molecule has 0 atom stereocenters. The van der Waals surface area contributed by atoms with Gasteiger partial charge in [0.25, 0.3) is 0 Å². The summed E-state index contributed by atoms with van der Waals surface area (Å²) in [5, 5.41) is 26.3. The van der Waals surface area contributed by atoms with Crippen molar-refractivity contribution in [3.8, 4) is 45.0 Å². The second kappa shape index (κ2) is 30.4. The molecule has 0 saturated carbocycles. The first-order valence-corrected chi connectivity index (χ1v) is 48.8. The van der Waals surface area contributed by atoms with Gasteiger partial charge in [0.15, 0.2) is 35.3 Å². The Morgan fingerprint density at radius 2 is 0.681 bits per heavy atom. The zero-order valence-electron chi connectivity index (χ0n) is 76.4. The van der Waals surface area contributed by atoms with Crippen LogP contribution in [0.3, 0.4) is 0 Å². The Bertz CT molecular complexity index is 10200. The molecule has 29 rings (SSSR count). The molecule has 648 valence electrons. The predicted octanol–water partition coefficient (Wildman–Crippen LogP) is 32.3. The number of pyridine rings is 6. The number of aromatic nitrogens is 6. The highest BCUT2D eigenvalue weighted by molar-refractivity contribution is 7.27. The van der Waals surface area contributed by atoms with Crippen LogP contribution in [0.1, 0.15) is 50.3 Å². The summed E-state index contributed by atoms with van der Waals surface area (Å²) in [5.74, 6) is 0. The molecule has 0 bridgehead atoms. The van der Waals surface area contributed by atoms with Crippen molar-refractivity contribution in [1.29, 1.82) is 0 Å². The van der Waals surface area contributed by atoms with Crippen LogP contribution in [0.25, 0.3) is 268 Å². The van der Waals surface area contributed by atoms with Crippen molar-refractivity contribution in [2.45, 2.75) is 62.3 Å². The van der Waals surface area contributed by atoms with Crippen molar-refractivity contribution < 1.29 is 44.8 Å². The van der Waals surface area contributed by atoms with Crippen LogP contribution in [-0.2, 0) is 28.2 Å². The number of hydrogen-bond donors (Lipinski definition) is 0. The molecular weight excluding hydrogens is 1740 g/mol. The zero-order valence-corrected chi connectivity index (χ0v) is 79.7. The summed E-state index contributed by atoms with van der Waals surface area (Å²) in [4.78, 5) is 9.28.